The first-order valence-electron chi connectivity index (χ1n) is 8.67. The second-order valence-electron chi connectivity index (χ2n) is 6.39. The maximum absolute atomic E-state index is 12.1. The molecule has 0 saturated carbocycles. The lowest BCUT2D eigenvalue weighted by atomic mass is 10.1. The Hall–Kier alpha value is -2.95. The van der Waals surface area contributed by atoms with Gasteiger partial charge in [0.15, 0.2) is 0 Å². The fourth-order valence-electron chi connectivity index (χ4n) is 2.41. The average molecular weight is 351 g/mol. The third kappa shape index (κ3) is 6.51. The monoisotopic (exact) mass is 351 g/mol. The summed E-state index contributed by atoms with van der Waals surface area (Å²) in [7, 11) is 0. The topological polar surface area (TPSA) is 70.6 Å². The average Bonchev–Trinajstić information content (AvgIpc) is 2.62. The predicted octanol–water partition coefficient (Wildman–Crippen LogP) is 3.76. The highest BCUT2D eigenvalue weighted by Crippen LogP contribution is 2.14. The lowest BCUT2D eigenvalue weighted by Crippen LogP contribution is -2.21. The van der Waals surface area contributed by atoms with Crippen LogP contribution in [0.2, 0.25) is 0 Å². The van der Waals surface area contributed by atoms with Gasteiger partial charge in [-0.15, -0.1) is 0 Å². The van der Waals surface area contributed by atoms with Crippen molar-refractivity contribution in [1.82, 2.24) is 5.43 Å². The van der Waals surface area contributed by atoms with E-state index >= 15 is 0 Å². The van der Waals surface area contributed by atoms with Crippen molar-refractivity contribution in [2.45, 2.75) is 40.0 Å². The van der Waals surface area contributed by atoms with Gasteiger partial charge in [-0.2, -0.15) is 5.10 Å². The van der Waals surface area contributed by atoms with Crippen molar-refractivity contribution in [2.75, 3.05) is 5.32 Å². The lowest BCUT2D eigenvalue weighted by Gasteiger charge is -2.08. The fourth-order valence-corrected chi connectivity index (χ4v) is 2.41. The fraction of sp³-hybridized carbons (Fsp3) is 0.286. The van der Waals surface area contributed by atoms with Crippen LogP contribution in [0.1, 0.15) is 36.5 Å². The van der Waals surface area contributed by atoms with Gasteiger partial charge >= 0.3 is 0 Å². The maximum Gasteiger partial charge on any atom is 0.240 e. The Balaban J connectivity index is 1.76. The zero-order chi connectivity index (χ0) is 18.9. The quantitative estimate of drug-likeness (QED) is 0.589. The summed E-state index contributed by atoms with van der Waals surface area (Å²) in [6, 6.07) is 15.6. The van der Waals surface area contributed by atoms with Crippen LogP contribution in [0, 0.1) is 13.8 Å². The molecule has 0 saturated heterocycles. The summed E-state index contributed by atoms with van der Waals surface area (Å²) >= 11 is 0. The molecule has 5 nitrogen and oxygen atoms in total. The first-order chi connectivity index (χ1) is 12.4. The van der Waals surface area contributed by atoms with Crippen LogP contribution in [0.25, 0.3) is 0 Å². The van der Waals surface area contributed by atoms with E-state index in [1.54, 1.807) is 6.92 Å². The standard InChI is InChI=1S/C21H25N3O2/c1-15-9-11-19(13-16(15)2)22-21(26)14-17(3)23-24-20(25)12-10-18-7-5-4-6-8-18/h4-9,11,13H,10,12,14H2,1-3H3,(H,22,26)(H,24,25)/b23-17+. The van der Waals surface area contributed by atoms with Crippen LogP contribution >= 0.6 is 0 Å². The van der Waals surface area contributed by atoms with Gasteiger partial charge in [0.2, 0.25) is 11.8 Å². The van der Waals surface area contributed by atoms with Crippen molar-refractivity contribution < 1.29 is 9.59 Å². The molecule has 136 valence electrons. The van der Waals surface area contributed by atoms with Gasteiger partial charge in [-0.05, 0) is 56.0 Å². The van der Waals surface area contributed by atoms with Crippen LogP contribution in [0.5, 0.6) is 0 Å². The first-order valence-corrected chi connectivity index (χ1v) is 8.67. The van der Waals surface area contributed by atoms with E-state index in [9.17, 15) is 9.59 Å². The van der Waals surface area contributed by atoms with Crippen molar-refractivity contribution in [2.24, 2.45) is 5.10 Å². The summed E-state index contributed by atoms with van der Waals surface area (Å²) in [5.74, 6) is -0.323. The number of nitrogens with zero attached hydrogens (tertiary/aromatic N) is 1. The van der Waals surface area contributed by atoms with E-state index < -0.39 is 0 Å². The molecular weight excluding hydrogens is 326 g/mol. The second kappa shape index (κ2) is 9.51. The van der Waals surface area contributed by atoms with Gasteiger partial charge < -0.3 is 5.32 Å². The molecule has 0 bridgehead atoms. The highest BCUT2D eigenvalue weighted by atomic mass is 16.2. The van der Waals surface area contributed by atoms with Crippen LogP contribution in [-0.4, -0.2) is 17.5 Å². The Bertz CT molecular complexity index is 798. The zero-order valence-electron chi connectivity index (χ0n) is 15.5. The molecule has 2 N–H and O–H groups in total. The number of carbonyl (C=O) groups is 2. The molecule has 0 heterocycles. The molecular formula is C21H25N3O2. The first kappa shape index (κ1) is 19.4. The molecule has 2 aromatic carbocycles. The minimum atomic E-state index is -0.164. The van der Waals surface area contributed by atoms with Crippen molar-refractivity contribution in [1.29, 1.82) is 0 Å². The van der Waals surface area contributed by atoms with E-state index in [-0.39, 0.29) is 18.2 Å². The summed E-state index contributed by atoms with van der Waals surface area (Å²) in [5.41, 5.74) is 7.24. The van der Waals surface area contributed by atoms with E-state index in [2.05, 4.69) is 15.8 Å². The van der Waals surface area contributed by atoms with Gasteiger partial charge in [0.25, 0.3) is 0 Å². The van der Waals surface area contributed by atoms with Gasteiger partial charge in [0, 0.05) is 17.8 Å². The van der Waals surface area contributed by atoms with E-state index in [0.29, 0.717) is 18.6 Å². The predicted molar refractivity (Wildman–Crippen MR) is 105 cm³/mol. The Kier molecular flexibility index (Phi) is 7.09. The molecule has 0 aromatic heterocycles. The van der Waals surface area contributed by atoms with Crippen LogP contribution in [0.15, 0.2) is 53.6 Å². The molecule has 2 rings (SSSR count). The smallest absolute Gasteiger partial charge is 0.240 e. The van der Waals surface area contributed by atoms with Gasteiger partial charge in [-0.3, -0.25) is 9.59 Å². The summed E-state index contributed by atoms with van der Waals surface area (Å²) < 4.78 is 0. The molecule has 2 amide bonds. The van der Waals surface area contributed by atoms with Crippen LogP contribution in [0.3, 0.4) is 0 Å². The third-order valence-electron chi connectivity index (χ3n) is 4.06. The summed E-state index contributed by atoms with van der Waals surface area (Å²) in [4.78, 5) is 23.9. The number of carbonyl (C=O) groups excluding carboxylic acids is 2. The zero-order valence-corrected chi connectivity index (χ0v) is 15.5. The second-order valence-corrected chi connectivity index (χ2v) is 6.39. The van der Waals surface area contributed by atoms with Gasteiger partial charge in [-0.1, -0.05) is 36.4 Å². The Morgan fingerprint density at radius 3 is 2.38 bits per heavy atom. The van der Waals surface area contributed by atoms with E-state index in [1.807, 2.05) is 62.4 Å². The number of anilines is 1. The number of amides is 2. The molecule has 0 fully saturated rings. The normalized spacial score (nSPS) is 11.1. The molecule has 26 heavy (non-hydrogen) atoms. The van der Waals surface area contributed by atoms with Crippen molar-refractivity contribution in [3.8, 4) is 0 Å². The molecule has 2 aromatic rings. The largest absolute Gasteiger partial charge is 0.326 e. The van der Waals surface area contributed by atoms with Crippen LogP contribution in [0.4, 0.5) is 5.69 Å². The minimum Gasteiger partial charge on any atom is -0.326 e. The Morgan fingerprint density at radius 1 is 0.962 bits per heavy atom. The highest BCUT2D eigenvalue weighted by molar-refractivity contribution is 6.05. The van der Waals surface area contributed by atoms with E-state index in [4.69, 9.17) is 0 Å². The van der Waals surface area contributed by atoms with Gasteiger partial charge in [0.1, 0.15) is 0 Å². The molecule has 0 unspecified atom stereocenters. The lowest BCUT2D eigenvalue weighted by molar-refractivity contribution is -0.121. The summed E-state index contributed by atoms with van der Waals surface area (Å²) in [6.45, 7) is 5.75. The number of hydrogen-bond acceptors (Lipinski definition) is 3. The van der Waals surface area contributed by atoms with Crippen molar-refractivity contribution in [3.05, 3.63) is 65.2 Å². The minimum absolute atomic E-state index is 0.131. The van der Waals surface area contributed by atoms with E-state index in [1.165, 1.54) is 5.56 Å². The highest BCUT2D eigenvalue weighted by Gasteiger charge is 2.07. The van der Waals surface area contributed by atoms with E-state index in [0.717, 1.165) is 16.8 Å². The SMILES string of the molecule is C/C(CC(=O)Nc1ccc(C)c(C)c1)=N\NC(=O)CCc1ccccc1. The molecule has 0 radical (unpaired) electrons. The van der Waals surface area contributed by atoms with Crippen molar-refractivity contribution >= 4 is 23.2 Å². The number of hydrazone groups is 1. The Morgan fingerprint density at radius 2 is 1.69 bits per heavy atom. The third-order valence-corrected chi connectivity index (χ3v) is 4.06. The summed E-state index contributed by atoms with van der Waals surface area (Å²) in [6.07, 6.45) is 1.15. The molecule has 0 spiro atoms. The van der Waals surface area contributed by atoms with Gasteiger partial charge in [0.05, 0.1) is 6.42 Å². The molecule has 0 aliphatic heterocycles. The maximum atomic E-state index is 12.1. The number of nitrogens with one attached hydrogen (secondary N) is 2. The molecule has 0 atom stereocenters. The number of benzene rings is 2. The number of rotatable bonds is 7. The number of hydrogen-bond donors (Lipinski definition) is 2. The van der Waals surface area contributed by atoms with Gasteiger partial charge in [-0.25, -0.2) is 5.43 Å². The van der Waals surface area contributed by atoms with Crippen molar-refractivity contribution in [3.63, 3.8) is 0 Å². The van der Waals surface area contributed by atoms with Crippen LogP contribution in [-0.2, 0) is 16.0 Å². The van der Waals surface area contributed by atoms with Crippen LogP contribution < -0.4 is 10.7 Å². The molecule has 5 heteroatoms. The molecule has 0 aliphatic rings. The Labute approximate surface area is 154 Å². The molecule has 0 aliphatic carbocycles. The number of aryl methyl sites for hydroxylation is 3. The summed E-state index contributed by atoms with van der Waals surface area (Å²) in [5, 5.41) is 6.85.